The lowest BCUT2D eigenvalue weighted by molar-refractivity contribution is 0.429. The molecule has 5 rings (SSSR count). The monoisotopic (exact) mass is 531 g/mol. The van der Waals surface area contributed by atoms with Crippen molar-refractivity contribution in [1.82, 2.24) is 24.1 Å². The van der Waals surface area contributed by atoms with Gasteiger partial charge in [0.2, 0.25) is 5.88 Å². The number of fused-ring (bicyclic) bond motifs is 1. The standard InChI is InChI=1S/C22H22BrN5O4S/c1-26-19(29)12-27(22(26)30)11-15-6-5-14(9-18(15)33(2,31)32)16-7-8-17-21(20(16)23)24-25-28(17)10-13-3-4-13/h5-9,12-13,29H,3-4,10-11H2,1-2H3. The van der Waals surface area contributed by atoms with Gasteiger partial charge in [0.05, 0.1) is 27.6 Å². The van der Waals surface area contributed by atoms with E-state index in [-0.39, 0.29) is 17.3 Å². The number of imidazole rings is 1. The van der Waals surface area contributed by atoms with Crippen LogP contribution in [0.3, 0.4) is 0 Å². The average Bonchev–Trinajstić information content (AvgIpc) is 3.44. The molecule has 0 radical (unpaired) electrons. The minimum absolute atomic E-state index is 0.0195. The van der Waals surface area contributed by atoms with Gasteiger partial charge in [-0.15, -0.1) is 5.10 Å². The first kappa shape index (κ1) is 21.9. The Balaban J connectivity index is 1.57. The quantitative estimate of drug-likeness (QED) is 0.409. The average molecular weight is 532 g/mol. The summed E-state index contributed by atoms with van der Waals surface area (Å²) < 4.78 is 30.3. The lowest BCUT2D eigenvalue weighted by Gasteiger charge is -2.12. The largest absolute Gasteiger partial charge is 0.493 e. The highest BCUT2D eigenvalue weighted by molar-refractivity contribution is 9.10. The van der Waals surface area contributed by atoms with Crippen LogP contribution in [0.15, 0.2) is 50.7 Å². The Bertz CT molecular complexity index is 1560. The summed E-state index contributed by atoms with van der Waals surface area (Å²) in [5.74, 6) is 0.474. The molecule has 1 fully saturated rings. The van der Waals surface area contributed by atoms with Crippen molar-refractivity contribution in [2.24, 2.45) is 13.0 Å². The molecule has 0 saturated heterocycles. The first-order valence-electron chi connectivity index (χ1n) is 10.4. The molecule has 1 saturated carbocycles. The number of halogens is 1. The van der Waals surface area contributed by atoms with Gasteiger partial charge in [0, 0.05) is 19.8 Å². The Hall–Kier alpha value is -2.92. The molecule has 1 N–H and O–H groups in total. The summed E-state index contributed by atoms with van der Waals surface area (Å²) in [6.45, 7) is 0.870. The number of hydrogen-bond donors (Lipinski definition) is 1. The van der Waals surface area contributed by atoms with Crippen LogP contribution in [0, 0.1) is 5.92 Å². The summed E-state index contributed by atoms with van der Waals surface area (Å²) in [5.41, 5.74) is 3.19. The van der Waals surface area contributed by atoms with Crippen LogP contribution in [0.25, 0.3) is 22.2 Å². The first-order valence-corrected chi connectivity index (χ1v) is 13.1. The predicted octanol–water partition coefficient (Wildman–Crippen LogP) is 2.93. The summed E-state index contributed by atoms with van der Waals surface area (Å²) in [4.78, 5) is 12.4. The molecule has 11 heteroatoms. The van der Waals surface area contributed by atoms with E-state index >= 15 is 0 Å². The van der Waals surface area contributed by atoms with Crippen LogP contribution in [-0.4, -0.2) is 43.9 Å². The molecular formula is C22H22BrN5O4S. The molecule has 1 aliphatic carbocycles. The summed E-state index contributed by atoms with van der Waals surface area (Å²) >= 11 is 3.64. The highest BCUT2D eigenvalue weighted by Gasteiger charge is 2.24. The Morgan fingerprint density at radius 3 is 2.61 bits per heavy atom. The van der Waals surface area contributed by atoms with E-state index in [0.29, 0.717) is 17.0 Å². The number of hydrogen-bond acceptors (Lipinski definition) is 6. The number of sulfone groups is 1. The third kappa shape index (κ3) is 3.99. The molecule has 0 amide bonds. The maximum atomic E-state index is 12.6. The molecule has 2 aromatic carbocycles. The van der Waals surface area contributed by atoms with E-state index in [4.69, 9.17) is 0 Å². The van der Waals surface area contributed by atoms with Crippen molar-refractivity contribution in [1.29, 1.82) is 0 Å². The van der Waals surface area contributed by atoms with Gasteiger partial charge in [0.25, 0.3) is 0 Å². The molecule has 0 atom stereocenters. The van der Waals surface area contributed by atoms with Gasteiger partial charge in [0.1, 0.15) is 5.52 Å². The first-order chi connectivity index (χ1) is 15.6. The van der Waals surface area contributed by atoms with Crippen molar-refractivity contribution < 1.29 is 13.5 Å². The van der Waals surface area contributed by atoms with E-state index in [1.165, 1.54) is 30.7 Å². The molecule has 2 heterocycles. The zero-order valence-corrected chi connectivity index (χ0v) is 20.5. The normalized spacial score (nSPS) is 14.3. The second-order valence-corrected chi connectivity index (χ2v) is 11.3. The maximum absolute atomic E-state index is 12.6. The third-order valence-electron chi connectivity index (χ3n) is 6.02. The highest BCUT2D eigenvalue weighted by Crippen LogP contribution is 2.37. The molecule has 0 aliphatic heterocycles. The fourth-order valence-corrected chi connectivity index (χ4v) is 5.57. The lowest BCUT2D eigenvalue weighted by atomic mass is 10.0. The number of nitrogens with zero attached hydrogens (tertiary/aromatic N) is 5. The minimum atomic E-state index is -3.59. The molecule has 4 aromatic rings. The second-order valence-electron chi connectivity index (χ2n) is 8.56. The van der Waals surface area contributed by atoms with Crippen molar-refractivity contribution in [3.05, 3.63) is 57.0 Å². The van der Waals surface area contributed by atoms with Crippen molar-refractivity contribution in [2.75, 3.05) is 6.26 Å². The van der Waals surface area contributed by atoms with Crippen LogP contribution in [-0.2, 0) is 30.0 Å². The van der Waals surface area contributed by atoms with E-state index < -0.39 is 15.5 Å². The van der Waals surface area contributed by atoms with Gasteiger partial charge < -0.3 is 5.11 Å². The van der Waals surface area contributed by atoms with Gasteiger partial charge in [-0.1, -0.05) is 23.4 Å². The topological polar surface area (TPSA) is 112 Å². The Labute approximate surface area is 198 Å². The summed E-state index contributed by atoms with van der Waals surface area (Å²) in [5, 5.41) is 18.4. The van der Waals surface area contributed by atoms with E-state index in [1.54, 1.807) is 12.1 Å². The molecule has 9 nitrogen and oxygen atoms in total. The van der Waals surface area contributed by atoms with Crippen LogP contribution in [0.4, 0.5) is 0 Å². The fraction of sp³-hybridized carbons (Fsp3) is 0.318. The molecule has 172 valence electrons. The summed E-state index contributed by atoms with van der Waals surface area (Å²) in [7, 11) is -2.14. The van der Waals surface area contributed by atoms with Crippen LogP contribution in [0.1, 0.15) is 18.4 Å². The Morgan fingerprint density at radius 1 is 1.21 bits per heavy atom. The van der Waals surface area contributed by atoms with Crippen LogP contribution in [0.5, 0.6) is 5.88 Å². The predicted molar refractivity (Wildman–Crippen MR) is 127 cm³/mol. The van der Waals surface area contributed by atoms with Crippen molar-refractivity contribution in [3.63, 3.8) is 0 Å². The number of aromatic hydroxyl groups is 1. The van der Waals surface area contributed by atoms with Gasteiger partial charge in [-0.2, -0.15) is 0 Å². The zero-order valence-electron chi connectivity index (χ0n) is 18.1. The van der Waals surface area contributed by atoms with Crippen molar-refractivity contribution in [3.8, 4) is 17.0 Å². The number of rotatable bonds is 6. The molecule has 1 aliphatic rings. The van der Waals surface area contributed by atoms with Crippen LogP contribution in [0.2, 0.25) is 0 Å². The van der Waals surface area contributed by atoms with E-state index in [1.807, 2.05) is 22.9 Å². The smallest absolute Gasteiger partial charge is 0.331 e. The number of aromatic nitrogens is 5. The SMILES string of the molecule is Cn1c(O)cn(Cc2ccc(-c3ccc4c(nnn4CC4CC4)c3Br)cc2S(C)(=O)=O)c1=O. The summed E-state index contributed by atoms with van der Waals surface area (Å²) in [6.07, 6.45) is 4.87. The van der Waals surface area contributed by atoms with Crippen molar-refractivity contribution in [2.45, 2.75) is 30.8 Å². The van der Waals surface area contributed by atoms with E-state index in [0.717, 1.165) is 38.4 Å². The Morgan fingerprint density at radius 2 is 1.97 bits per heavy atom. The second kappa shape index (κ2) is 7.84. The minimum Gasteiger partial charge on any atom is -0.493 e. The lowest BCUT2D eigenvalue weighted by Crippen LogP contribution is -2.23. The molecule has 0 bridgehead atoms. The molecule has 2 aromatic heterocycles. The van der Waals surface area contributed by atoms with Crippen LogP contribution >= 0.6 is 15.9 Å². The van der Waals surface area contributed by atoms with Gasteiger partial charge in [-0.05, 0) is 63.5 Å². The van der Waals surface area contributed by atoms with Gasteiger partial charge in [0.15, 0.2) is 9.84 Å². The van der Waals surface area contributed by atoms with E-state index in [2.05, 4.69) is 26.2 Å². The van der Waals surface area contributed by atoms with Gasteiger partial charge in [-0.25, -0.2) is 17.9 Å². The maximum Gasteiger partial charge on any atom is 0.331 e. The summed E-state index contributed by atoms with van der Waals surface area (Å²) in [6, 6.07) is 9.01. The molecule has 33 heavy (non-hydrogen) atoms. The van der Waals surface area contributed by atoms with Crippen molar-refractivity contribution >= 4 is 36.8 Å². The third-order valence-corrected chi connectivity index (χ3v) is 8.00. The zero-order chi connectivity index (χ0) is 23.5. The Kier molecular flexibility index (Phi) is 5.20. The van der Waals surface area contributed by atoms with Gasteiger partial charge in [-0.3, -0.25) is 9.13 Å². The van der Waals surface area contributed by atoms with Gasteiger partial charge >= 0.3 is 5.69 Å². The highest BCUT2D eigenvalue weighted by atomic mass is 79.9. The molecule has 0 unspecified atom stereocenters. The fourth-order valence-electron chi connectivity index (χ4n) is 3.97. The molecule has 0 spiro atoms. The molecular weight excluding hydrogens is 510 g/mol. The number of benzene rings is 2. The van der Waals surface area contributed by atoms with E-state index in [9.17, 15) is 18.3 Å². The van der Waals surface area contributed by atoms with Crippen LogP contribution < -0.4 is 5.69 Å².